The number of para-hydroxylation sites is 8. The van der Waals surface area contributed by atoms with Gasteiger partial charge < -0.3 is 121 Å². The van der Waals surface area contributed by atoms with Gasteiger partial charge in [0, 0.05) is 88.8 Å². The lowest BCUT2D eigenvalue weighted by molar-refractivity contribution is -0.00100. The van der Waals surface area contributed by atoms with E-state index >= 15 is 0 Å². The van der Waals surface area contributed by atoms with Crippen LogP contribution in [0.3, 0.4) is 0 Å². The molecule has 0 aliphatic carbocycles. The molecule has 0 saturated heterocycles. The highest BCUT2D eigenvalue weighted by Gasteiger charge is 2.45. The van der Waals surface area contributed by atoms with Crippen molar-refractivity contribution in [1.29, 1.82) is 2.56 Å². The zero-order chi connectivity index (χ0) is 93.0. The number of hydrogen-bond donors (Lipinski definition) is 0. The van der Waals surface area contributed by atoms with Gasteiger partial charge in [0.15, 0.2) is 0 Å². The summed E-state index contributed by atoms with van der Waals surface area (Å²) in [5.41, 5.74) is 28.6. The second-order valence-electron chi connectivity index (χ2n) is 31.6. The highest BCUT2D eigenvalue weighted by Crippen LogP contribution is 2.55. The van der Waals surface area contributed by atoms with E-state index in [2.05, 4.69) is 657 Å². The number of anilines is 8. The third kappa shape index (κ3) is 26.4. The van der Waals surface area contributed by atoms with Crippen molar-refractivity contribution in [2.75, 3.05) is 39.2 Å². The van der Waals surface area contributed by atoms with Gasteiger partial charge in [-0.2, -0.15) is 0 Å². The molecule has 0 amide bonds. The average Bonchev–Trinajstić information content (AvgIpc) is 1.62. The van der Waals surface area contributed by atoms with Gasteiger partial charge in [-0.15, -0.1) is 0 Å². The standard InChI is InChI=1S/2C33H26N2.2C27H22N2.2CH4.BrHIP.2BrH.HI2P.2HI/c2*1-6-16-26(17-7-1)31-32(27-18-8-2-9-19-27)35(30-24-14-5-15-25-30)33(28-20-10-3-11-21-28)34(31)29-22-12-4-13-23-29;2*1-5-13-22(14-6-1)26-21-28(24-17-9-3-10-18-24)27(23-15-7-2-8-16-23)29(26)25-19-11-4-12-20-25;;;1-3-2;;;1-3-2;;/h2*1-25,33H;2*1-21,27H;2*1H4;3H;2*1H;3H;2*1H/p-4/i;;;;;;3T;;;3T;;. The molecular formula is C122H106Br3I5N8P2-4. The summed E-state index contributed by atoms with van der Waals surface area (Å²) in [6.07, 6.45) is 4.52. The average molecular weight is 2620 g/mol. The van der Waals surface area contributed by atoms with Crippen molar-refractivity contribution < 1.29 is 81.9 Å². The summed E-state index contributed by atoms with van der Waals surface area (Å²) in [7, 11) is 0. The van der Waals surface area contributed by atoms with E-state index in [0.29, 0.717) is 0 Å². The maximum atomic E-state index is 6.62. The van der Waals surface area contributed by atoms with Gasteiger partial charge in [0.25, 0.3) is 0 Å². The van der Waals surface area contributed by atoms with Crippen molar-refractivity contribution in [3.63, 3.8) is 0 Å². The van der Waals surface area contributed by atoms with E-state index in [0.717, 1.165) is 22.7 Å². The van der Waals surface area contributed by atoms with Crippen LogP contribution in [0.15, 0.2) is 558 Å². The van der Waals surface area contributed by atoms with Gasteiger partial charge in [0.2, 0.25) is 0 Å². The fourth-order valence-corrected chi connectivity index (χ4v) is 17.9. The molecule has 18 aromatic carbocycles. The second-order valence-corrected chi connectivity index (χ2v) is 46.8. The molecule has 8 nitrogen and oxygen atoms in total. The maximum Gasteiger partial charge on any atom is 0.137 e. The fraction of sp³-hybridized carbons (Fsp3) is 0.0492. The molecule has 4 heterocycles. The zero-order valence-corrected chi connectivity index (χ0v) is 92.3. The van der Waals surface area contributed by atoms with Crippen LogP contribution in [0.2, 0.25) is 0 Å². The highest BCUT2D eigenvalue weighted by atomic mass is 127. The molecule has 0 bridgehead atoms. The van der Waals surface area contributed by atoms with E-state index in [-0.39, 0.29) is 121 Å². The number of rotatable bonds is 18. The first-order valence-electron chi connectivity index (χ1n) is 45.4. The normalized spacial score (nSPS) is 14.3. The number of nitrogens with zero attached hydrogens (tertiary/aromatic N) is 8. The summed E-state index contributed by atoms with van der Waals surface area (Å²) >= 11 is 9.10. The lowest BCUT2D eigenvalue weighted by atomic mass is 10.0. The van der Waals surface area contributed by atoms with Crippen LogP contribution in [-0.2, 0) is 0 Å². The minimum absolute atomic E-state index is 0. The molecule has 4 aliphatic heterocycles. The molecule has 3 unspecified atom stereocenters. The summed E-state index contributed by atoms with van der Waals surface area (Å²) in [6.45, 7) is 0. The lowest BCUT2D eigenvalue weighted by Crippen LogP contribution is -3.00. The molecule has 0 fully saturated rings. The molecule has 0 N–H and O–H groups in total. The third-order valence-corrected chi connectivity index (χ3v) is 23.5. The quantitative estimate of drug-likeness (QED) is 0.0619. The van der Waals surface area contributed by atoms with Crippen LogP contribution in [0.4, 0.5) is 45.5 Å². The van der Waals surface area contributed by atoms with Crippen LogP contribution < -0.4 is 121 Å². The van der Waals surface area contributed by atoms with E-state index in [9.17, 15) is 0 Å². The van der Waals surface area contributed by atoms with Crippen molar-refractivity contribution in [2.45, 2.75) is 39.5 Å². The molecular weight excluding hydrogens is 2510 g/mol. The Hall–Kier alpha value is -10.7. The number of hydrogen-bond acceptors (Lipinski definition) is 8. The Labute approximate surface area is 936 Å². The van der Waals surface area contributed by atoms with Crippen molar-refractivity contribution in [3.05, 3.63) is 614 Å². The van der Waals surface area contributed by atoms with E-state index in [4.69, 9.17) is 2.56 Å². The molecule has 18 heteroatoms. The van der Waals surface area contributed by atoms with Crippen LogP contribution >= 0.6 is 90.3 Å². The van der Waals surface area contributed by atoms with E-state index in [1.165, 1.54) is 113 Å². The summed E-state index contributed by atoms with van der Waals surface area (Å²) in [5, 5.41) is 0. The first-order chi connectivity index (χ1) is 67.1. The Kier molecular flexibility index (Phi) is 43.2. The Morgan fingerprint density at radius 1 is 0.193 bits per heavy atom. The van der Waals surface area contributed by atoms with Crippen LogP contribution in [0.5, 0.6) is 0 Å². The Bertz CT molecular complexity index is 6240. The molecule has 0 radical (unpaired) electrons. The van der Waals surface area contributed by atoms with Crippen LogP contribution in [-0.4, -0.2) is 2.56 Å². The van der Waals surface area contributed by atoms with E-state index in [1.807, 2.05) is 22.0 Å². The van der Waals surface area contributed by atoms with Gasteiger partial charge in [0.1, 0.15) is 24.7 Å². The van der Waals surface area contributed by atoms with Crippen molar-refractivity contribution in [2.24, 2.45) is 0 Å². The molecule has 704 valence electrons. The van der Waals surface area contributed by atoms with Crippen LogP contribution in [0.1, 0.15) is 95.2 Å². The third-order valence-electron chi connectivity index (χ3n) is 23.5. The Balaban J connectivity index is 0.000000174. The zero-order valence-electron chi connectivity index (χ0n) is 76.9. The molecule has 0 saturated carbocycles. The molecule has 18 aromatic rings. The molecule has 22 rings (SSSR count). The van der Waals surface area contributed by atoms with Gasteiger partial charge in [-0.3, -0.25) is 0 Å². The molecule has 140 heavy (non-hydrogen) atoms. The Morgan fingerprint density at radius 2 is 0.321 bits per heavy atom. The summed E-state index contributed by atoms with van der Waals surface area (Å²) in [5.74, 6) is 0. The van der Waals surface area contributed by atoms with E-state index in [1.54, 1.807) is 0 Å². The minimum atomic E-state index is -0.588. The topological polar surface area (TPSA) is 25.9 Å². The van der Waals surface area contributed by atoms with Crippen molar-refractivity contribution in [1.82, 2.24) is 0 Å². The molecule has 3 atom stereocenters. The maximum absolute atomic E-state index is 6.62. The van der Waals surface area contributed by atoms with Gasteiger partial charge >= 0.3 is 0 Å². The second kappa shape index (κ2) is 56.8. The van der Waals surface area contributed by atoms with Crippen LogP contribution in [0.25, 0.3) is 34.2 Å². The van der Waals surface area contributed by atoms with E-state index < -0.39 is 8.68 Å². The predicted octanol–water partition coefficient (Wildman–Crippen LogP) is 23.9. The summed E-state index contributed by atoms with van der Waals surface area (Å²) in [6, 6.07) is 193. The fourth-order valence-electron chi connectivity index (χ4n) is 17.9. The summed E-state index contributed by atoms with van der Waals surface area (Å²) < 4.78 is 12.7. The minimum Gasteiger partial charge on any atom is -1.00 e. The van der Waals surface area contributed by atoms with Crippen molar-refractivity contribution in [3.8, 4) is 0 Å². The molecule has 0 aromatic heterocycles. The van der Waals surface area contributed by atoms with Crippen molar-refractivity contribution >= 4 is 170 Å². The first kappa shape index (κ1) is 107. The molecule has 4 aliphatic rings. The monoisotopic (exact) mass is 2620 g/mol. The van der Waals surface area contributed by atoms with Gasteiger partial charge in [-0.05, 0) is 197 Å². The number of halogens is 8. The predicted molar refractivity (Wildman–Crippen MR) is 617 cm³/mol. The highest BCUT2D eigenvalue weighted by molar-refractivity contribution is 14.3. The largest absolute Gasteiger partial charge is 1.00 e. The lowest BCUT2D eigenvalue weighted by Gasteiger charge is -2.35. The summed E-state index contributed by atoms with van der Waals surface area (Å²) in [4.78, 5) is 18.9. The SMILES string of the molecule is C.C.C1=C(c2ccccc2)N(c2ccccc2)C(c2ccccc2)N1c1ccccc1.C1=C(c2ccccc2)N(c2ccccc2)C(c2ccccc2)N1c1ccccc1.[3H]P(Br)I.[3H]P(I)I.[Br-].[Br-].[I-].[I-].c1ccc(C2=C(c3ccccc3)N(c3ccccc3)C(c3ccccc3)N2c2ccccc2)cc1.c1ccc(C2=C(c3ccccc3)N(c3ccccc3)C(c3ccccc3)N2c2ccccc2)cc1. The smallest absolute Gasteiger partial charge is 0.137 e. The van der Waals surface area contributed by atoms with Gasteiger partial charge in [0.05, 0.1) is 36.7 Å². The number of benzene rings is 18. The molecule has 0 spiro atoms. The van der Waals surface area contributed by atoms with Gasteiger partial charge in [-0.25, -0.2) is 0 Å². The van der Waals surface area contributed by atoms with Crippen LogP contribution in [0, 0.1) is 0 Å². The van der Waals surface area contributed by atoms with Gasteiger partial charge in [-0.1, -0.05) is 479 Å². The Morgan fingerprint density at radius 3 is 0.493 bits per heavy atom. The first-order valence-corrected chi connectivity index (χ1v) is 56.7.